The zero-order chi connectivity index (χ0) is 4.28. The van der Waals surface area contributed by atoms with Crippen LogP contribution in [0.1, 0.15) is 6.92 Å². The van der Waals surface area contributed by atoms with Crippen molar-refractivity contribution in [3.63, 3.8) is 0 Å². The second-order valence-corrected chi connectivity index (χ2v) is 0.627. The molecule has 0 aromatic carbocycles. The second kappa shape index (κ2) is 5.44. The molecule has 0 amide bonds. The number of carboxylic acids is 1. The molecule has 0 aliphatic rings. The van der Waals surface area contributed by atoms with Crippen molar-refractivity contribution in [2.24, 2.45) is 0 Å². The van der Waals surface area contributed by atoms with E-state index in [-0.39, 0.29) is 32.7 Å². The Labute approximate surface area is 61.8 Å². The van der Waals surface area contributed by atoms with Gasteiger partial charge >= 0.3 is 32.7 Å². The molecule has 0 unspecified atom stereocenters. The molecule has 0 aliphatic carbocycles. The van der Waals surface area contributed by atoms with Crippen molar-refractivity contribution in [3.05, 3.63) is 6.42 Å². The average molecular weight is 162 g/mol. The fourth-order valence-electron chi connectivity index (χ4n) is 0. The van der Waals surface area contributed by atoms with Crippen molar-refractivity contribution < 1.29 is 42.6 Å². The Bertz CT molecular complexity index is 44.1. The summed E-state index contributed by atoms with van der Waals surface area (Å²) in [5.41, 5.74) is 0. The van der Waals surface area contributed by atoms with Crippen molar-refractivity contribution in [1.82, 2.24) is 0 Å². The van der Waals surface area contributed by atoms with E-state index in [0.29, 0.717) is 0 Å². The van der Waals surface area contributed by atoms with Gasteiger partial charge in [0.15, 0.2) is 5.97 Å². The summed E-state index contributed by atoms with van der Waals surface area (Å²) in [5.74, 6) is -0.870. The van der Waals surface area contributed by atoms with Crippen molar-refractivity contribution in [1.29, 1.82) is 0 Å². The summed E-state index contributed by atoms with van der Waals surface area (Å²) in [7, 11) is 0. The van der Waals surface area contributed by atoms with Gasteiger partial charge in [0.05, 0.1) is 0 Å². The first-order chi connectivity index (χ1) is 2.27. The largest absolute Gasteiger partial charge is 3.00 e. The number of aliphatic carboxylic acids is 1. The summed E-state index contributed by atoms with van der Waals surface area (Å²) >= 11 is 0. The molecule has 0 heterocycles. The van der Waals surface area contributed by atoms with Crippen molar-refractivity contribution in [3.8, 4) is 0 Å². The zero-order valence-corrected chi connectivity index (χ0v) is 6.35. The molecule has 1 N–H and O–H groups in total. The number of hydrogen-bond donors (Lipinski definition) is 1. The fraction of sp³-hybridized carbons (Fsp3) is 0.333. The average Bonchev–Trinajstić information content (AvgIpc) is 1.38. The van der Waals surface area contributed by atoms with Crippen LogP contribution in [0.15, 0.2) is 0 Å². The van der Waals surface area contributed by atoms with Crippen LogP contribution in [0.4, 0.5) is 0 Å². The van der Waals surface area contributed by atoms with Gasteiger partial charge in [-0.3, -0.25) is 11.2 Å². The quantitative estimate of drug-likeness (QED) is 0.562. The normalized spacial score (nSPS) is 5.50. The van der Waals surface area contributed by atoms with E-state index in [2.05, 4.69) is 0 Å². The Balaban J connectivity index is 0. The predicted molar refractivity (Wildman–Crippen MR) is 17.6 cm³/mol. The molecule has 0 fully saturated rings. The number of hydrogen-bond acceptors (Lipinski definition) is 1. The molecule has 0 aromatic rings. The Kier molecular flexibility index (Phi) is 8.77. The molecule has 0 saturated carbocycles. The Hall–Kier alpha value is 0.444. The van der Waals surface area contributed by atoms with E-state index in [9.17, 15) is 4.79 Å². The van der Waals surface area contributed by atoms with Gasteiger partial charge in [-0.15, -0.1) is 0 Å². The monoisotopic (exact) mass is 162 g/mol. The second-order valence-electron chi connectivity index (χ2n) is 0.627. The Morgan fingerprint density at radius 3 is 2.00 bits per heavy atom. The van der Waals surface area contributed by atoms with Crippen LogP contribution in [0.3, 0.4) is 0 Å². The van der Waals surface area contributed by atoms with Crippen LogP contribution < -0.4 is 0 Å². The van der Waals surface area contributed by atoms with Crippen LogP contribution in [-0.2, 0) is 37.5 Å². The Morgan fingerprint density at radius 1 is 1.83 bits per heavy atom. The maximum Gasteiger partial charge on any atom is 3.00 e. The first-order valence-electron chi connectivity index (χ1n) is 1.29. The third kappa shape index (κ3) is 8.82. The van der Waals surface area contributed by atoms with Gasteiger partial charge in [-0.2, -0.15) is 6.92 Å². The van der Waals surface area contributed by atoms with Gasteiger partial charge in [-0.1, -0.05) is 0 Å². The standard InChI is InChI=1S/C3H5O2.Y/c1-2-3(4)5;/h2H,1H3,(H,4,5);/q-1;+3. The molecule has 2 nitrogen and oxygen atoms in total. The van der Waals surface area contributed by atoms with Gasteiger partial charge in [0, 0.05) is 0 Å². The summed E-state index contributed by atoms with van der Waals surface area (Å²) in [6.07, 6.45) is 1.08. The first kappa shape index (κ1) is 9.67. The van der Waals surface area contributed by atoms with Gasteiger partial charge in [-0.05, 0) is 0 Å². The minimum absolute atomic E-state index is 0. The smallest absolute Gasteiger partial charge is 0.503 e. The van der Waals surface area contributed by atoms with Crippen LogP contribution in [0.2, 0.25) is 0 Å². The molecule has 6 heavy (non-hydrogen) atoms. The summed E-state index contributed by atoms with van der Waals surface area (Å²) in [4.78, 5) is 9.31. The fourth-order valence-corrected chi connectivity index (χ4v) is 0. The molecule has 0 aliphatic heterocycles. The molecule has 0 radical (unpaired) electrons. The molecular formula is C3H5O2Y+2. The van der Waals surface area contributed by atoms with Gasteiger partial charge in [0.25, 0.3) is 0 Å². The molecule has 0 rings (SSSR count). The molecule has 0 aromatic heterocycles. The van der Waals surface area contributed by atoms with Crippen molar-refractivity contribution in [2.75, 3.05) is 0 Å². The Morgan fingerprint density at radius 2 is 2.00 bits per heavy atom. The summed E-state index contributed by atoms with van der Waals surface area (Å²) in [5, 5.41) is 7.67. The van der Waals surface area contributed by atoms with E-state index in [1.54, 1.807) is 0 Å². The molecule has 0 saturated heterocycles. The molecule has 3 heteroatoms. The van der Waals surface area contributed by atoms with Crippen LogP contribution in [-0.4, -0.2) is 11.1 Å². The summed E-state index contributed by atoms with van der Waals surface area (Å²) in [6, 6.07) is 0. The SMILES string of the molecule is C[CH-]C(=O)O.[Y+3]. The minimum Gasteiger partial charge on any atom is -0.503 e. The predicted octanol–water partition coefficient (Wildman–Crippen LogP) is 0.293. The van der Waals surface area contributed by atoms with Crippen LogP contribution in [0.5, 0.6) is 0 Å². The number of carbonyl (C=O) groups is 1. The van der Waals surface area contributed by atoms with Crippen molar-refractivity contribution in [2.45, 2.75) is 6.92 Å². The molecule has 0 bridgehead atoms. The maximum atomic E-state index is 9.31. The number of rotatable bonds is 1. The molecule has 30 valence electrons. The van der Waals surface area contributed by atoms with E-state index in [0.717, 1.165) is 6.42 Å². The zero-order valence-electron chi connectivity index (χ0n) is 3.51. The van der Waals surface area contributed by atoms with E-state index >= 15 is 0 Å². The van der Waals surface area contributed by atoms with E-state index in [1.807, 2.05) is 0 Å². The topological polar surface area (TPSA) is 37.3 Å². The van der Waals surface area contributed by atoms with E-state index in [1.165, 1.54) is 6.92 Å². The van der Waals surface area contributed by atoms with Crippen LogP contribution in [0, 0.1) is 6.42 Å². The first-order valence-corrected chi connectivity index (χ1v) is 1.29. The van der Waals surface area contributed by atoms with Gasteiger partial charge in [0.2, 0.25) is 0 Å². The molecule has 0 atom stereocenters. The van der Waals surface area contributed by atoms with Gasteiger partial charge in [0.1, 0.15) is 0 Å². The van der Waals surface area contributed by atoms with E-state index in [4.69, 9.17) is 5.11 Å². The summed E-state index contributed by atoms with van der Waals surface area (Å²) < 4.78 is 0. The van der Waals surface area contributed by atoms with Gasteiger partial charge in [-0.25, -0.2) is 0 Å². The summed E-state index contributed by atoms with van der Waals surface area (Å²) in [6.45, 7) is 1.47. The van der Waals surface area contributed by atoms with Crippen LogP contribution in [0.25, 0.3) is 0 Å². The van der Waals surface area contributed by atoms with E-state index < -0.39 is 5.97 Å². The van der Waals surface area contributed by atoms with Gasteiger partial charge < -0.3 is 5.11 Å². The number of carboxylic acid groups (broad SMARTS) is 1. The minimum atomic E-state index is -0.870. The molecular weight excluding hydrogens is 157 g/mol. The third-order valence-corrected chi connectivity index (χ3v) is 0.247. The third-order valence-electron chi connectivity index (χ3n) is 0.247. The van der Waals surface area contributed by atoms with Crippen LogP contribution >= 0.6 is 0 Å². The van der Waals surface area contributed by atoms with Crippen molar-refractivity contribution >= 4 is 5.97 Å². The maximum absolute atomic E-state index is 9.31. The molecule has 0 spiro atoms.